The van der Waals surface area contributed by atoms with E-state index in [4.69, 9.17) is 5.11 Å². The fraction of sp³-hybridized carbons (Fsp3) is 0.263. The number of amides is 1. The Balaban J connectivity index is 1.67. The van der Waals surface area contributed by atoms with Crippen LogP contribution in [0.2, 0.25) is 0 Å². The van der Waals surface area contributed by atoms with Gasteiger partial charge < -0.3 is 10.4 Å². The zero-order valence-electron chi connectivity index (χ0n) is 13.0. The van der Waals surface area contributed by atoms with Gasteiger partial charge in [0.05, 0.1) is 12.5 Å². The smallest absolute Gasteiger partial charge is 0.305 e. The second-order valence-corrected chi connectivity index (χ2v) is 6.07. The highest BCUT2D eigenvalue weighted by Crippen LogP contribution is 2.47. The molecule has 2 aromatic rings. The summed E-state index contributed by atoms with van der Waals surface area (Å²) in [5, 5.41) is 11.9. The van der Waals surface area contributed by atoms with E-state index in [0.29, 0.717) is 6.42 Å². The molecule has 3 atom stereocenters. The minimum absolute atomic E-state index is 0.00181. The van der Waals surface area contributed by atoms with E-state index >= 15 is 0 Å². The van der Waals surface area contributed by atoms with E-state index in [9.17, 15) is 14.0 Å². The molecule has 0 spiro atoms. The van der Waals surface area contributed by atoms with Gasteiger partial charge in [0.25, 0.3) is 0 Å². The summed E-state index contributed by atoms with van der Waals surface area (Å²) in [5.74, 6) is -1.69. The number of hydrogen-bond acceptors (Lipinski definition) is 2. The molecule has 0 unspecified atom stereocenters. The molecule has 24 heavy (non-hydrogen) atoms. The van der Waals surface area contributed by atoms with Gasteiger partial charge in [-0.15, -0.1) is 0 Å². The minimum Gasteiger partial charge on any atom is -0.481 e. The maximum absolute atomic E-state index is 13.3. The van der Waals surface area contributed by atoms with Crippen molar-refractivity contribution in [1.29, 1.82) is 0 Å². The Hall–Kier alpha value is -2.69. The van der Waals surface area contributed by atoms with Gasteiger partial charge in [0, 0.05) is 5.92 Å². The van der Waals surface area contributed by atoms with Crippen molar-refractivity contribution in [3.05, 3.63) is 71.5 Å². The van der Waals surface area contributed by atoms with Crippen molar-refractivity contribution >= 4 is 11.9 Å². The number of hydrogen-bond donors (Lipinski definition) is 2. The van der Waals surface area contributed by atoms with Gasteiger partial charge in [-0.2, -0.15) is 0 Å². The maximum atomic E-state index is 13.3. The van der Waals surface area contributed by atoms with Gasteiger partial charge in [0.15, 0.2) is 0 Å². The molecule has 1 aliphatic carbocycles. The third-order valence-corrected chi connectivity index (χ3v) is 4.30. The Morgan fingerprint density at radius 2 is 1.92 bits per heavy atom. The first-order chi connectivity index (χ1) is 11.5. The summed E-state index contributed by atoms with van der Waals surface area (Å²) in [4.78, 5) is 23.5. The highest BCUT2D eigenvalue weighted by Gasteiger charge is 2.44. The normalized spacial score (nSPS) is 20.2. The molecule has 0 bridgehead atoms. The van der Waals surface area contributed by atoms with Crippen LogP contribution in [0.5, 0.6) is 0 Å². The van der Waals surface area contributed by atoms with E-state index < -0.39 is 12.0 Å². The molecule has 0 saturated heterocycles. The monoisotopic (exact) mass is 327 g/mol. The third-order valence-electron chi connectivity index (χ3n) is 4.30. The number of rotatable bonds is 6. The first kappa shape index (κ1) is 16.2. The molecular weight excluding hydrogens is 309 g/mol. The van der Waals surface area contributed by atoms with Crippen LogP contribution in [0.15, 0.2) is 54.6 Å². The van der Waals surface area contributed by atoms with Crippen molar-refractivity contribution in [2.45, 2.75) is 24.8 Å². The largest absolute Gasteiger partial charge is 0.481 e. The second kappa shape index (κ2) is 6.83. The fourth-order valence-corrected chi connectivity index (χ4v) is 2.98. The summed E-state index contributed by atoms with van der Waals surface area (Å²) < 4.78 is 13.3. The summed E-state index contributed by atoms with van der Waals surface area (Å²) in [6.45, 7) is 0. The van der Waals surface area contributed by atoms with Crippen molar-refractivity contribution in [2.75, 3.05) is 0 Å². The van der Waals surface area contributed by atoms with Crippen molar-refractivity contribution in [3.63, 3.8) is 0 Å². The number of aliphatic carboxylic acids is 1. The minimum atomic E-state index is -0.971. The van der Waals surface area contributed by atoms with Gasteiger partial charge in [-0.3, -0.25) is 9.59 Å². The van der Waals surface area contributed by atoms with Crippen LogP contribution in [0.4, 0.5) is 4.39 Å². The number of carbonyl (C=O) groups excluding carboxylic acids is 1. The summed E-state index contributed by atoms with van der Waals surface area (Å²) in [5.41, 5.74) is 1.57. The van der Waals surface area contributed by atoms with Gasteiger partial charge in [-0.25, -0.2) is 4.39 Å². The molecular formula is C19H18FNO3. The molecule has 0 heterocycles. The molecule has 1 amide bonds. The van der Waals surface area contributed by atoms with Crippen LogP contribution in [-0.4, -0.2) is 17.0 Å². The summed E-state index contributed by atoms with van der Waals surface area (Å²) in [6, 6.07) is 14.8. The van der Waals surface area contributed by atoms with E-state index in [1.807, 2.05) is 24.3 Å². The summed E-state index contributed by atoms with van der Waals surface area (Å²) >= 11 is 0. The van der Waals surface area contributed by atoms with Gasteiger partial charge in [-0.05, 0) is 35.6 Å². The van der Waals surface area contributed by atoms with Gasteiger partial charge in [0.1, 0.15) is 5.82 Å². The van der Waals surface area contributed by atoms with Crippen LogP contribution >= 0.6 is 0 Å². The lowest BCUT2D eigenvalue weighted by molar-refractivity contribution is -0.137. The Kier molecular flexibility index (Phi) is 4.60. The van der Waals surface area contributed by atoms with E-state index in [1.54, 1.807) is 18.2 Å². The molecule has 4 nitrogen and oxygen atoms in total. The Labute approximate surface area is 139 Å². The molecule has 3 rings (SSSR count). The Morgan fingerprint density at radius 1 is 1.17 bits per heavy atom. The molecule has 2 aromatic carbocycles. The van der Waals surface area contributed by atoms with Crippen LogP contribution in [0.25, 0.3) is 0 Å². The SMILES string of the molecule is O=C(O)C[C@H](NC(=O)[C@@H]1C[C@@H]1c1cccc(F)c1)c1ccccc1. The topological polar surface area (TPSA) is 66.4 Å². The van der Waals surface area contributed by atoms with Crippen molar-refractivity contribution in [3.8, 4) is 0 Å². The van der Waals surface area contributed by atoms with Crippen LogP contribution in [0.3, 0.4) is 0 Å². The quantitative estimate of drug-likeness (QED) is 0.856. The first-order valence-electron chi connectivity index (χ1n) is 7.87. The van der Waals surface area contributed by atoms with E-state index in [-0.39, 0.29) is 30.0 Å². The number of carboxylic acid groups (broad SMARTS) is 1. The molecule has 0 aliphatic heterocycles. The van der Waals surface area contributed by atoms with Crippen molar-refractivity contribution < 1.29 is 19.1 Å². The van der Waals surface area contributed by atoms with Crippen LogP contribution < -0.4 is 5.32 Å². The molecule has 124 valence electrons. The van der Waals surface area contributed by atoms with E-state index in [0.717, 1.165) is 11.1 Å². The van der Waals surface area contributed by atoms with Gasteiger partial charge in [-0.1, -0.05) is 42.5 Å². The Morgan fingerprint density at radius 3 is 2.58 bits per heavy atom. The summed E-state index contributed by atoms with van der Waals surface area (Å²) in [7, 11) is 0. The summed E-state index contributed by atoms with van der Waals surface area (Å²) in [6.07, 6.45) is 0.483. The lowest BCUT2D eigenvalue weighted by Crippen LogP contribution is -2.31. The molecule has 2 N–H and O–H groups in total. The zero-order chi connectivity index (χ0) is 17.1. The average molecular weight is 327 g/mol. The zero-order valence-corrected chi connectivity index (χ0v) is 13.0. The molecule has 1 aliphatic rings. The maximum Gasteiger partial charge on any atom is 0.305 e. The van der Waals surface area contributed by atoms with Crippen molar-refractivity contribution in [2.24, 2.45) is 5.92 Å². The van der Waals surface area contributed by atoms with Gasteiger partial charge >= 0.3 is 5.97 Å². The number of carbonyl (C=O) groups is 2. The molecule has 5 heteroatoms. The predicted molar refractivity (Wildman–Crippen MR) is 86.8 cm³/mol. The highest BCUT2D eigenvalue weighted by atomic mass is 19.1. The standard InChI is InChI=1S/C19H18FNO3/c20-14-8-4-7-13(9-14)15-10-16(15)19(24)21-17(11-18(22)23)12-5-2-1-3-6-12/h1-9,15-17H,10-11H2,(H,21,24)(H,22,23)/t15-,16-,17+/m1/s1. The highest BCUT2D eigenvalue weighted by molar-refractivity contribution is 5.84. The third kappa shape index (κ3) is 3.79. The molecule has 0 aromatic heterocycles. The lowest BCUT2D eigenvalue weighted by atomic mass is 10.0. The number of halogens is 1. The number of carboxylic acids is 1. The Bertz CT molecular complexity index is 747. The molecule has 1 fully saturated rings. The van der Waals surface area contributed by atoms with Crippen LogP contribution in [0.1, 0.15) is 35.9 Å². The van der Waals surface area contributed by atoms with Crippen molar-refractivity contribution in [1.82, 2.24) is 5.32 Å². The number of benzene rings is 2. The lowest BCUT2D eigenvalue weighted by Gasteiger charge is -2.17. The van der Waals surface area contributed by atoms with Crippen LogP contribution in [0, 0.1) is 11.7 Å². The average Bonchev–Trinajstić information content (AvgIpc) is 3.35. The first-order valence-corrected chi connectivity index (χ1v) is 7.87. The van der Waals surface area contributed by atoms with E-state index in [2.05, 4.69) is 5.32 Å². The van der Waals surface area contributed by atoms with E-state index in [1.165, 1.54) is 12.1 Å². The number of nitrogens with one attached hydrogen (secondary N) is 1. The predicted octanol–water partition coefficient (Wildman–Crippen LogP) is 3.26. The molecule has 0 radical (unpaired) electrons. The van der Waals surface area contributed by atoms with Gasteiger partial charge in [0.2, 0.25) is 5.91 Å². The van der Waals surface area contributed by atoms with Crippen LogP contribution in [-0.2, 0) is 9.59 Å². The second-order valence-electron chi connectivity index (χ2n) is 6.07. The fourth-order valence-electron chi connectivity index (χ4n) is 2.98. The molecule has 1 saturated carbocycles.